The van der Waals surface area contributed by atoms with Gasteiger partial charge in [0.05, 0.1) is 29.1 Å². The standard InChI is InChI=1S/C17H16ClF3N4O2/c1-2-3-6-27-15(26)10-23-16-11(8-22)9-24-25(16)14-5-4-12(7-13(14)18)17(19,20)21/h4-5,7,9,23H,2-3,6,10H2,1H3. The van der Waals surface area contributed by atoms with Gasteiger partial charge in [-0.05, 0) is 24.6 Å². The second-order valence-corrected chi connectivity index (χ2v) is 5.93. The number of hydrogen-bond acceptors (Lipinski definition) is 5. The molecule has 2 aromatic rings. The maximum absolute atomic E-state index is 12.8. The summed E-state index contributed by atoms with van der Waals surface area (Å²) in [5, 5.41) is 15.7. The summed E-state index contributed by atoms with van der Waals surface area (Å²) in [6, 6.07) is 4.67. The summed E-state index contributed by atoms with van der Waals surface area (Å²) < 4.78 is 44.5. The number of alkyl halides is 3. The van der Waals surface area contributed by atoms with Crippen LogP contribution in [0.15, 0.2) is 24.4 Å². The van der Waals surface area contributed by atoms with Crippen molar-refractivity contribution in [1.82, 2.24) is 9.78 Å². The third-order valence-corrected chi connectivity index (χ3v) is 3.86. The first kappa shape index (κ1) is 20.6. The minimum atomic E-state index is -4.53. The maximum atomic E-state index is 12.8. The Morgan fingerprint density at radius 3 is 2.78 bits per heavy atom. The molecule has 0 unspecified atom stereocenters. The van der Waals surface area contributed by atoms with Gasteiger partial charge in [-0.15, -0.1) is 0 Å². The van der Waals surface area contributed by atoms with Crippen molar-refractivity contribution in [3.8, 4) is 11.8 Å². The molecule has 1 aromatic carbocycles. The Balaban J connectivity index is 2.25. The Labute approximate surface area is 158 Å². The van der Waals surface area contributed by atoms with Crippen molar-refractivity contribution >= 4 is 23.4 Å². The molecule has 0 fully saturated rings. The number of nitrogens with zero attached hydrogens (tertiary/aromatic N) is 3. The predicted molar refractivity (Wildman–Crippen MR) is 92.6 cm³/mol. The van der Waals surface area contributed by atoms with E-state index in [1.54, 1.807) is 0 Å². The first-order valence-corrected chi connectivity index (χ1v) is 8.40. The number of anilines is 1. The number of benzene rings is 1. The number of nitriles is 1. The quantitative estimate of drug-likeness (QED) is 0.557. The zero-order valence-corrected chi connectivity index (χ0v) is 15.1. The first-order valence-electron chi connectivity index (χ1n) is 8.02. The number of esters is 1. The van der Waals surface area contributed by atoms with E-state index in [-0.39, 0.29) is 35.2 Å². The third kappa shape index (κ3) is 5.14. The molecule has 0 aliphatic carbocycles. The summed E-state index contributed by atoms with van der Waals surface area (Å²) in [7, 11) is 0. The molecular formula is C17H16ClF3N4O2. The number of aromatic nitrogens is 2. The molecule has 6 nitrogen and oxygen atoms in total. The van der Waals surface area contributed by atoms with Crippen LogP contribution in [0.25, 0.3) is 5.69 Å². The Hall–Kier alpha value is -2.73. The Kier molecular flexibility index (Phi) is 6.69. The topological polar surface area (TPSA) is 79.9 Å². The molecule has 0 aliphatic heterocycles. The average molecular weight is 401 g/mol. The van der Waals surface area contributed by atoms with Crippen molar-refractivity contribution in [1.29, 1.82) is 5.26 Å². The van der Waals surface area contributed by atoms with Crippen LogP contribution in [0.3, 0.4) is 0 Å². The van der Waals surface area contributed by atoms with Gasteiger partial charge >= 0.3 is 12.1 Å². The van der Waals surface area contributed by atoms with Crippen LogP contribution in [0.1, 0.15) is 30.9 Å². The minimum absolute atomic E-state index is 0.104. The normalized spacial score (nSPS) is 11.1. The van der Waals surface area contributed by atoms with E-state index in [0.29, 0.717) is 0 Å². The van der Waals surface area contributed by atoms with Gasteiger partial charge in [0.25, 0.3) is 0 Å². The summed E-state index contributed by atoms with van der Waals surface area (Å²) in [4.78, 5) is 11.7. The third-order valence-electron chi connectivity index (χ3n) is 3.55. The SMILES string of the molecule is CCCCOC(=O)CNc1c(C#N)cnn1-c1ccc(C(F)(F)F)cc1Cl. The highest BCUT2D eigenvalue weighted by Crippen LogP contribution is 2.34. The lowest BCUT2D eigenvalue weighted by molar-refractivity contribution is -0.141. The fourth-order valence-corrected chi connectivity index (χ4v) is 2.44. The number of hydrogen-bond donors (Lipinski definition) is 1. The fraction of sp³-hybridized carbons (Fsp3) is 0.353. The fourth-order valence-electron chi connectivity index (χ4n) is 2.18. The van der Waals surface area contributed by atoms with Crippen molar-refractivity contribution in [2.75, 3.05) is 18.5 Å². The largest absolute Gasteiger partial charge is 0.464 e. The molecule has 0 saturated carbocycles. The first-order chi connectivity index (χ1) is 12.8. The highest BCUT2D eigenvalue weighted by atomic mass is 35.5. The lowest BCUT2D eigenvalue weighted by Crippen LogP contribution is -2.19. The Morgan fingerprint density at radius 1 is 1.44 bits per heavy atom. The monoisotopic (exact) mass is 400 g/mol. The molecule has 0 atom stereocenters. The van der Waals surface area contributed by atoms with Gasteiger partial charge in [-0.3, -0.25) is 4.79 Å². The molecule has 0 radical (unpaired) electrons. The van der Waals surface area contributed by atoms with Crippen LogP contribution in [-0.2, 0) is 15.7 Å². The van der Waals surface area contributed by atoms with Crippen molar-refractivity contribution < 1.29 is 22.7 Å². The van der Waals surface area contributed by atoms with E-state index in [4.69, 9.17) is 16.3 Å². The lowest BCUT2D eigenvalue weighted by Gasteiger charge is -2.13. The van der Waals surface area contributed by atoms with Crippen LogP contribution in [0.5, 0.6) is 0 Å². The van der Waals surface area contributed by atoms with Gasteiger partial charge in [-0.25, -0.2) is 4.68 Å². The molecule has 0 bridgehead atoms. The van der Waals surface area contributed by atoms with E-state index in [0.717, 1.165) is 31.0 Å². The highest BCUT2D eigenvalue weighted by Gasteiger charge is 2.31. The second kappa shape index (κ2) is 8.77. The van der Waals surface area contributed by atoms with E-state index in [1.165, 1.54) is 10.9 Å². The van der Waals surface area contributed by atoms with E-state index in [2.05, 4.69) is 10.4 Å². The molecule has 0 saturated heterocycles. The maximum Gasteiger partial charge on any atom is 0.416 e. The smallest absolute Gasteiger partial charge is 0.416 e. The summed E-state index contributed by atoms with van der Waals surface area (Å²) in [5.41, 5.74) is -0.668. The van der Waals surface area contributed by atoms with Gasteiger partial charge in [0, 0.05) is 0 Å². The minimum Gasteiger partial charge on any atom is -0.464 e. The van der Waals surface area contributed by atoms with Gasteiger partial charge in [0.15, 0.2) is 0 Å². The molecule has 1 heterocycles. The van der Waals surface area contributed by atoms with E-state index >= 15 is 0 Å². The zero-order valence-electron chi connectivity index (χ0n) is 14.3. The van der Waals surface area contributed by atoms with Crippen molar-refractivity contribution in [3.05, 3.63) is 40.5 Å². The lowest BCUT2D eigenvalue weighted by atomic mass is 10.2. The number of carbonyl (C=O) groups is 1. The van der Waals surface area contributed by atoms with Gasteiger partial charge in [0.1, 0.15) is 24.0 Å². The summed E-state index contributed by atoms with van der Waals surface area (Å²) in [6.45, 7) is 2.01. The number of nitrogens with one attached hydrogen (secondary N) is 1. The van der Waals surface area contributed by atoms with Crippen LogP contribution in [-0.4, -0.2) is 28.9 Å². The average Bonchev–Trinajstić information content (AvgIpc) is 3.02. The van der Waals surface area contributed by atoms with Crippen LogP contribution >= 0.6 is 11.6 Å². The molecule has 0 spiro atoms. The second-order valence-electron chi connectivity index (χ2n) is 5.52. The summed E-state index contributed by atoms with van der Waals surface area (Å²) >= 11 is 5.98. The zero-order chi connectivity index (χ0) is 20.0. The number of rotatable bonds is 7. The Morgan fingerprint density at radius 2 is 2.19 bits per heavy atom. The molecule has 0 amide bonds. The summed E-state index contributed by atoms with van der Waals surface area (Å²) in [5.74, 6) is -0.398. The molecule has 144 valence electrons. The molecular weight excluding hydrogens is 385 g/mol. The molecule has 2 rings (SSSR count). The summed E-state index contributed by atoms with van der Waals surface area (Å²) in [6.07, 6.45) is -1.71. The molecule has 0 aliphatic rings. The Bertz CT molecular complexity index is 859. The highest BCUT2D eigenvalue weighted by molar-refractivity contribution is 6.32. The van der Waals surface area contributed by atoms with Gasteiger partial charge in [0.2, 0.25) is 0 Å². The van der Waals surface area contributed by atoms with Crippen LogP contribution in [0.2, 0.25) is 5.02 Å². The van der Waals surface area contributed by atoms with Crippen LogP contribution < -0.4 is 5.32 Å². The van der Waals surface area contributed by atoms with E-state index in [1.807, 2.05) is 13.0 Å². The predicted octanol–water partition coefficient (Wildman–Crippen LogP) is 4.17. The van der Waals surface area contributed by atoms with E-state index in [9.17, 15) is 23.2 Å². The molecule has 1 aromatic heterocycles. The number of halogens is 4. The number of carbonyl (C=O) groups excluding carboxylic acids is 1. The molecule has 1 N–H and O–H groups in total. The van der Waals surface area contributed by atoms with Crippen molar-refractivity contribution in [3.63, 3.8) is 0 Å². The van der Waals surface area contributed by atoms with Crippen LogP contribution in [0.4, 0.5) is 19.0 Å². The molecule has 10 heteroatoms. The van der Waals surface area contributed by atoms with Crippen LogP contribution in [0, 0.1) is 11.3 Å². The van der Waals surface area contributed by atoms with Gasteiger partial charge in [-0.2, -0.15) is 23.5 Å². The van der Waals surface area contributed by atoms with Crippen molar-refractivity contribution in [2.45, 2.75) is 25.9 Å². The van der Waals surface area contributed by atoms with Gasteiger partial charge in [-0.1, -0.05) is 24.9 Å². The van der Waals surface area contributed by atoms with E-state index < -0.39 is 17.7 Å². The molecule has 27 heavy (non-hydrogen) atoms. The van der Waals surface area contributed by atoms with Gasteiger partial charge < -0.3 is 10.1 Å². The number of ether oxygens (including phenoxy) is 1. The van der Waals surface area contributed by atoms with Crippen molar-refractivity contribution in [2.24, 2.45) is 0 Å². The number of unbranched alkanes of at least 4 members (excludes halogenated alkanes) is 1.